The Morgan fingerprint density at radius 1 is 1.00 bits per heavy atom. The average molecular weight is 402 g/mol. The molecule has 0 spiro atoms. The number of para-hydroxylation sites is 1. The number of anilines is 1. The van der Waals surface area contributed by atoms with Gasteiger partial charge in [-0.25, -0.2) is 0 Å². The minimum Gasteiger partial charge on any atom is -0.486 e. The highest BCUT2D eigenvalue weighted by Crippen LogP contribution is 2.14. The van der Waals surface area contributed by atoms with Crippen molar-refractivity contribution >= 4 is 40.5 Å². The lowest BCUT2D eigenvalue weighted by Crippen LogP contribution is -2.43. The van der Waals surface area contributed by atoms with Crippen LogP contribution in [0, 0.1) is 0 Å². The van der Waals surface area contributed by atoms with E-state index in [1.54, 1.807) is 36.4 Å². The predicted molar refractivity (Wildman–Crippen MR) is 108 cm³/mol. The topological polar surface area (TPSA) is 75.5 Å². The highest BCUT2D eigenvalue weighted by Gasteiger charge is 2.12. The summed E-state index contributed by atoms with van der Waals surface area (Å²) in [5, 5.41) is 3.77. The van der Waals surface area contributed by atoms with Gasteiger partial charge < -0.3 is 14.5 Å². The quantitative estimate of drug-likeness (QED) is 0.440. The first-order valence-corrected chi connectivity index (χ1v) is 8.78. The maximum absolute atomic E-state index is 12.1. The number of hydrogen-bond acceptors (Lipinski definition) is 4. The van der Waals surface area contributed by atoms with Crippen LogP contribution >= 0.6 is 23.8 Å². The smallest absolute Gasteiger partial charge is 0.305 e. The van der Waals surface area contributed by atoms with Gasteiger partial charge in [0, 0.05) is 10.7 Å². The van der Waals surface area contributed by atoms with Gasteiger partial charge in [-0.1, -0.05) is 29.8 Å². The summed E-state index contributed by atoms with van der Waals surface area (Å²) < 4.78 is 11.1. The van der Waals surface area contributed by atoms with E-state index in [1.165, 1.54) is 0 Å². The van der Waals surface area contributed by atoms with Crippen LogP contribution in [0.5, 0.6) is 5.75 Å². The maximum Gasteiger partial charge on any atom is 0.305 e. The van der Waals surface area contributed by atoms with E-state index in [4.69, 9.17) is 33.0 Å². The Morgan fingerprint density at radius 3 is 2.48 bits per heavy atom. The molecule has 0 atom stereocenters. The molecule has 1 aromatic heterocycles. The predicted octanol–water partition coefficient (Wildman–Crippen LogP) is 4.14. The van der Waals surface area contributed by atoms with Crippen molar-refractivity contribution in [1.29, 1.82) is 0 Å². The molecule has 1 amide bonds. The summed E-state index contributed by atoms with van der Waals surface area (Å²) in [5.74, 6) is 0.940. The third-order valence-electron chi connectivity index (χ3n) is 3.40. The van der Waals surface area contributed by atoms with Crippen molar-refractivity contribution in [3.63, 3.8) is 0 Å². The monoisotopic (exact) mass is 401 g/mol. The van der Waals surface area contributed by atoms with Crippen LogP contribution < -0.4 is 20.9 Å². The molecule has 1 heterocycles. The number of benzene rings is 2. The van der Waals surface area contributed by atoms with Crippen molar-refractivity contribution in [2.45, 2.75) is 6.61 Å². The zero-order chi connectivity index (χ0) is 19.1. The number of carbonyl (C=O) groups excluding carboxylic acids is 1. The molecule has 6 nitrogen and oxygen atoms in total. The molecule has 27 heavy (non-hydrogen) atoms. The molecule has 0 aliphatic heterocycles. The average Bonchev–Trinajstić information content (AvgIpc) is 3.16. The van der Waals surface area contributed by atoms with Crippen molar-refractivity contribution < 1.29 is 13.9 Å². The number of rotatable bonds is 5. The zero-order valence-corrected chi connectivity index (χ0v) is 15.6. The highest BCUT2D eigenvalue weighted by atomic mass is 35.5. The number of halogens is 1. The van der Waals surface area contributed by atoms with Crippen LogP contribution in [0.25, 0.3) is 0 Å². The van der Waals surface area contributed by atoms with Crippen LogP contribution in [0.2, 0.25) is 5.02 Å². The lowest BCUT2D eigenvalue weighted by Gasteiger charge is -2.10. The van der Waals surface area contributed by atoms with E-state index >= 15 is 0 Å². The summed E-state index contributed by atoms with van der Waals surface area (Å²) in [4.78, 5) is 12.1. The van der Waals surface area contributed by atoms with E-state index in [9.17, 15) is 4.79 Å². The number of hydrogen-bond donors (Lipinski definition) is 3. The second-order valence-corrected chi connectivity index (χ2v) is 6.25. The molecule has 0 saturated heterocycles. The number of nitrogens with one attached hydrogen (secondary N) is 3. The van der Waals surface area contributed by atoms with Gasteiger partial charge in [0.05, 0.1) is 0 Å². The van der Waals surface area contributed by atoms with Crippen molar-refractivity contribution in [1.82, 2.24) is 10.9 Å². The number of ether oxygens (including phenoxy) is 1. The van der Waals surface area contributed by atoms with E-state index in [1.807, 2.05) is 30.3 Å². The van der Waals surface area contributed by atoms with Gasteiger partial charge in [-0.3, -0.25) is 15.6 Å². The largest absolute Gasteiger partial charge is 0.486 e. The molecule has 2 aromatic carbocycles. The van der Waals surface area contributed by atoms with Crippen LogP contribution in [0.15, 0.2) is 71.1 Å². The van der Waals surface area contributed by atoms with E-state index in [2.05, 4.69) is 16.2 Å². The Hall–Kier alpha value is -3.03. The molecule has 3 aromatic rings. The molecule has 0 radical (unpaired) electrons. The molecule has 0 bridgehead atoms. The van der Waals surface area contributed by atoms with E-state index in [0.29, 0.717) is 10.8 Å². The second-order valence-electron chi connectivity index (χ2n) is 5.41. The molecule has 0 saturated carbocycles. The molecule has 3 N–H and O–H groups in total. The second kappa shape index (κ2) is 9.07. The molecule has 3 rings (SSSR count). The molecule has 138 valence electrons. The fourth-order valence-electron chi connectivity index (χ4n) is 2.12. The lowest BCUT2D eigenvalue weighted by molar-refractivity contribution is 0.0912. The van der Waals surface area contributed by atoms with Gasteiger partial charge >= 0.3 is 5.91 Å². The minimum atomic E-state index is -0.457. The number of hydrazine groups is 1. The minimum absolute atomic E-state index is 0.142. The van der Waals surface area contributed by atoms with Crippen molar-refractivity contribution in [2.75, 3.05) is 5.32 Å². The standard InChI is InChI=1S/C19H16ClN3O3S/c20-13-6-8-14(9-7-13)21-19(27)23-22-18(24)17-11-10-16(26-17)12-25-15-4-2-1-3-5-15/h1-11H,12H2,(H,22,24)(H2,21,23,27). The van der Waals surface area contributed by atoms with Gasteiger partial charge in [0.2, 0.25) is 0 Å². The maximum atomic E-state index is 12.1. The van der Waals surface area contributed by atoms with Gasteiger partial charge in [0.1, 0.15) is 18.1 Å². The summed E-state index contributed by atoms with van der Waals surface area (Å²) in [7, 11) is 0. The summed E-state index contributed by atoms with van der Waals surface area (Å²) in [5.41, 5.74) is 5.81. The number of furan rings is 1. The van der Waals surface area contributed by atoms with Crippen LogP contribution in [-0.4, -0.2) is 11.0 Å². The first-order valence-electron chi connectivity index (χ1n) is 7.99. The Labute approximate surface area is 166 Å². The lowest BCUT2D eigenvalue weighted by atomic mass is 10.3. The Kier molecular flexibility index (Phi) is 6.30. The van der Waals surface area contributed by atoms with Crippen LogP contribution in [0.3, 0.4) is 0 Å². The normalized spacial score (nSPS) is 10.1. The Balaban J connectivity index is 1.46. The van der Waals surface area contributed by atoms with Gasteiger partial charge in [-0.15, -0.1) is 0 Å². The number of carbonyl (C=O) groups is 1. The molecule has 0 fully saturated rings. The first kappa shape index (κ1) is 18.8. The summed E-state index contributed by atoms with van der Waals surface area (Å²) in [6, 6.07) is 19.6. The highest BCUT2D eigenvalue weighted by molar-refractivity contribution is 7.80. The third-order valence-corrected chi connectivity index (χ3v) is 3.86. The van der Waals surface area contributed by atoms with Gasteiger partial charge in [-0.05, 0) is 60.7 Å². The van der Waals surface area contributed by atoms with E-state index in [0.717, 1.165) is 11.4 Å². The van der Waals surface area contributed by atoms with Crippen molar-refractivity contribution in [2.24, 2.45) is 0 Å². The van der Waals surface area contributed by atoms with Crippen LogP contribution in [0.1, 0.15) is 16.3 Å². The summed E-state index contributed by atoms with van der Waals surface area (Å²) in [6.45, 7) is 0.223. The third kappa shape index (κ3) is 5.73. The van der Waals surface area contributed by atoms with Crippen LogP contribution in [0.4, 0.5) is 5.69 Å². The van der Waals surface area contributed by atoms with E-state index < -0.39 is 5.91 Å². The fourth-order valence-corrected chi connectivity index (χ4v) is 2.41. The number of amides is 1. The summed E-state index contributed by atoms with van der Waals surface area (Å²) >= 11 is 10.9. The van der Waals surface area contributed by atoms with E-state index in [-0.39, 0.29) is 17.5 Å². The summed E-state index contributed by atoms with van der Waals surface area (Å²) in [6.07, 6.45) is 0. The molecule has 0 unspecified atom stereocenters. The van der Waals surface area contributed by atoms with Gasteiger partial charge in [-0.2, -0.15) is 0 Å². The fraction of sp³-hybridized carbons (Fsp3) is 0.0526. The molecular weight excluding hydrogens is 386 g/mol. The Bertz CT molecular complexity index is 913. The number of thiocarbonyl (C=S) groups is 1. The first-order chi connectivity index (χ1) is 13.1. The Morgan fingerprint density at radius 2 is 1.74 bits per heavy atom. The molecule has 0 aliphatic rings. The van der Waals surface area contributed by atoms with Crippen LogP contribution in [-0.2, 0) is 6.61 Å². The molecular formula is C19H16ClN3O3S. The van der Waals surface area contributed by atoms with Gasteiger partial charge in [0.15, 0.2) is 10.9 Å². The molecule has 0 aliphatic carbocycles. The van der Waals surface area contributed by atoms with Gasteiger partial charge in [0.25, 0.3) is 0 Å². The zero-order valence-electron chi connectivity index (χ0n) is 14.1. The SMILES string of the molecule is O=C(NNC(=S)Nc1ccc(Cl)cc1)c1ccc(COc2ccccc2)o1. The van der Waals surface area contributed by atoms with Crippen molar-refractivity contribution in [3.05, 3.63) is 83.3 Å². The van der Waals surface area contributed by atoms with Crippen molar-refractivity contribution in [3.8, 4) is 5.75 Å². The molecule has 8 heteroatoms.